The van der Waals surface area contributed by atoms with Crippen LogP contribution in [0.2, 0.25) is 0 Å². The topological polar surface area (TPSA) is 58.2 Å². The number of benzene rings is 2. The van der Waals surface area contributed by atoms with Crippen molar-refractivity contribution in [3.05, 3.63) is 40.9 Å². The van der Waals surface area contributed by atoms with Crippen LogP contribution in [0.5, 0.6) is 0 Å². The van der Waals surface area contributed by atoms with Crippen LogP contribution < -0.4 is 10.0 Å². The molecule has 0 spiro atoms. The van der Waals surface area contributed by atoms with E-state index >= 15 is 0 Å². The molecule has 0 radical (unpaired) electrons. The highest BCUT2D eigenvalue weighted by atomic mass is 79.9. The zero-order chi connectivity index (χ0) is 15.6. The number of nitrogens with one attached hydrogen (secondary N) is 2. The quantitative estimate of drug-likeness (QED) is 0.782. The van der Waals surface area contributed by atoms with Crippen molar-refractivity contribution in [1.29, 1.82) is 0 Å². The second kappa shape index (κ2) is 7.94. The van der Waals surface area contributed by atoms with Crippen LogP contribution >= 0.6 is 28.3 Å². The Labute approximate surface area is 151 Å². The molecule has 0 saturated carbocycles. The third-order valence-corrected chi connectivity index (χ3v) is 6.04. The third kappa shape index (κ3) is 4.67. The van der Waals surface area contributed by atoms with E-state index in [9.17, 15) is 8.42 Å². The van der Waals surface area contributed by atoms with Crippen molar-refractivity contribution in [3.63, 3.8) is 0 Å². The summed E-state index contributed by atoms with van der Waals surface area (Å²) in [4.78, 5) is 0.326. The molecule has 0 aromatic heterocycles. The molecule has 1 unspecified atom stereocenters. The number of hydrogen-bond donors (Lipinski definition) is 2. The molecule has 1 atom stereocenters. The van der Waals surface area contributed by atoms with Crippen LogP contribution in [0.15, 0.2) is 45.8 Å². The SMILES string of the molecule is Cl.O=S(=O)(NCCC1CCNC1)c1ccc2cc(Br)ccc2c1. The van der Waals surface area contributed by atoms with Gasteiger partial charge in [0.1, 0.15) is 0 Å². The monoisotopic (exact) mass is 418 g/mol. The Balaban J connectivity index is 0.00000192. The van der Waals surface area contributed by atoms with E-state index in [2.05, 4.69) is 26.0 Å². The Bertz CT molecular complexity index is 777. The van der Waals surface area contributed by atoms with Crippen molar-refractivity contribution in [2.45, 2.75) is 17.7 Å². The van der Waals surface area contributed by atoms with E-state index in [1.165, 1.54) is 0 Å². The lowest BCUT2D eigenvalue weighted by Crippen LogP contribution is -2.26. The second-order valence-electron chi connectivity index (χ2n) is 5.70. The highest BCUT2D eigenvalue weighted by Gasteiger charge is 2.17. The van der Waals surface area contributed by atoms with Gasteiger partial charge in [-0.3, -0.25) is 0 Å². The van der Waals surface area contributed by atoms with Crippen LogP contribution in [-0.2, 0) is 10.0 Å². The van der Waals surface area contributed by atoms with Crippen LogP contribution in [0, 0.1) is 5.92 Å². The lowest BCUT2D eigenvalue weighted by molar-refractivity contribution is 0.519. The molecule has 0 bridgehead atoms. The molecule has 1 aliphatic heterocycles. The van der Waals surface area contributed by atoms with Gasteiger partial charge in [0, 0.05) is 11.0 Å². The lowest BCUT2D eigenvalue weighted by Gasteiger charge is -2.10. The molecule has 7 heteroatoms. The minimum Gasteiger partial charge on any atom is -0.316 e. The van der Waals surface area contributed by atoms with Gasteiger partial charge in [-0.2, -0.15) is 0 Å². The van der Waals surface area contributed by atoms with Crippen molar-refractivity contribution in [1.82, 2.24) is 10.0 Å². The van der Waals surface area contributed by atoms with Gasteiger partial charge in [0.2, 0.25) is 10.0 Å². The van der Waals surface area contributed by atoms with E-state index < -0.39 is 10.0 Å². The summed E-state index contributed by atoms with van der Waals surface area (Å²) >= 11 is 3.42. The number of halogens is 2. The summed E-state index contributed by atoms with van der Waals surface area (Å²) in [7, 11) is -3.44. The molecule has 23 heavy (non-hydrogen) atoms. The summed E-state index contributed by atoms with van der Waals surface area (Å²) in [6, 6.07) is 11.0. The zero-order valence-corrected chi connectivity index (χ0v) is 15.8. The Morgan fingerprint density at radius 2 is 1.91 bits per heavy atom. The van der Waals surface area contributed by atoms with Gasteiger partial charge in [-0.05, 0) is 66.9 Å². The molecular weight excluding hydrogens is 400 g/mol. The minimum absolute atomic E-state index is 0. The standard InChI is InChI=1S/C16H19BrN2O2S.ClH/c17-15-3-1-14-10-16(4-2-13(14)9-15)22(20,21)19-8-6-12-5-7-18-11-12;/h1-4,9-10,12,18-19H,5-8,11H2;1H. The normalized spacial score (nSPS) is 18.0. The number of fused-ring (bicyclic) bond motifs is 1. The zero-order valence-electron chi connectivity index (χ0n) is 12.6. The van der Waals surface area contributed by atoms with E-state index in [1.807, 2.05) is 24.3 Å². The van der Waals surface area contributed by atoms with Crippen LogP contribution in [0.25, 0.3) is 10.8 Å². The summed E-state index contributed by atoms with van der Waals surface area (Å²) in [6.07, 6.45) is 2.01. The number of rotatable bonds is 5. The summed E-state index contributed by atoms with van der Waals surface area (Å²) in [5.41, 5.74) is 0. The molecule has 1 aliphatic rings. The largest absolute Gasteiger partial charge is 0.316 e. The molecule has 3 rings (SSSR count). The lowest BCUT2D eigenvalue weighted by atomic mass is 10.1. The van der Waals surface area contributed by atoms with Gasteiger partial charge in [-0.25, -0.2) is 13.1 Å². The Hall–Kier alpha value is -0.660. The Kier molecular flexibility index (Phi) is 6.45. The smallest absolute Gasteiger partial charge is 0.240 e. The molecule has 1 saturated heterocycles. The van der Waals surface area contributed by atoms with Gasteiger partial charge in [0.15, 0.2) is 0 Å². The van der Waals surface area contributed by atoms with Crippen molar-refractivity contribution in [2.75, 3.05) is 19.6 Å². The fraction of sp³-hybridized carbons (Fsp3) is 0.375. The molecule has 4 nitrogen and oxygen atoms in total. The average Bonchev–Trinajstić information content (AvgIpc) is 2.99. The first-order chi connectivity index (χ1) is 10.5. The fourth-order valence-electron chi connectivity index (χ4n) is 2.80. The van der Waals surface area contributed by atoms with Crippen molar-refractivity contribution < 1.29 is 8.42 Å². The third-order valence-electron chi connectivity index (χ3n) is 4.09. The van der Waals surface area contributed by atoms with Crippen molar-refractivity contribution >= 4 is 49.1 Å². The van der Waals surface area contributed by atoms with E-state index in [1.54, 1.807) is 12.1 Å². The average molecular weight is 420 g/mol. The van der Waals surface area contributed by atoms with E-state index in [0.29, 0.717) is 17.4 Å². The van der Waals surface area contributed by atoms with Gasteiger partial charge in [-0.15, -0.1) is 12.4 Å². The van der Waals surface area contributed by atoms with Gasteiger partial charge in [0.05, 0.1) is 4.90 Å². The molecular formula is C16H20BrClN2O2S. The first kappa shape index (κ1) is 18.7. The first-order valence-corrected chi connectivity index (χ1v) is 9.72. The summed E-state index contributed by atoms with van der Waals surface area (Å²) in [5.74, 6) is 0.580. The van der Waals surface area contributed by atoms with Crippen molar-refractivity contribution in [2.24, 2.45) is 5.92 Å². The molecule has 2 N–H and O–H groups in total. The molecule has 0 amide bonds. The molecule has 2 aromatic carbocycles. The maximum Gasteiger partial charge on any atom is 0.240 e. The second-order valence-corrected chi connectivity index (χ2v) is 8.38. The van der Waals surface area contributed by atoms with E-state index in [4.69, 9.17) is 0 Å². The highest BCUT2D eigenvalue weighted by Crippen LogP contribution is 2.23. The van der Waals surface area contributed by atoms with Crippen LogP contribution in [0.3, 0.4) is 0 Å². The van der Waals surface area contributed by atoms with Crippen LogP contribution in [-0.4, -0.2) is 28.1 Å². The molecule has 126 valence electrons. The number of sulfonamides is 1. The van der Waals surface area contributed by atoms with Crippen molar-refractivity contribution in [3.8, 4) is 0 Å². The summed E-state index contributed by atoms with van der Waals surface area (Å²) in [6.45, 7) is 2.53. The molecule has 1 fully saturated rings. The first-order valence-electron chi connectivity index (χ1n) is 7.44. The van der Waals surface area contributed by atoms with Gasteiger partial charge >= 0.3 is 0 Å². The maximum absolute atomic E-state index is 12.4. The van der Waals surface area contributed by atoms with Gasteiger partial charge in [0.25, 0.3) is 0 Å². The molecule has 0 aliphatic carbocycles. The maximum atomic E-state index is 12.4. The van der Waals surface area contributed by atoms with Gasteiger partial charge < -0.3 is 5.32 Å². The molecule has 1 heterocycles. The summed E-state index contributed by atoms with van der Waals surface area (Å²) in [5, 5.41) is 5.24. The van der Waals surface area contributed by atoms with E-state index in [-0.39, 0.29) is 12.4 Å². The predicted molar refractivity (Wildman–Crippen MR) is 99.7 cm³/mol. The van der Waals surface area contributed by atoms with Gasteiger partial charge in [-0.1, -0.05) is 28.1 Å². The van der Waals surface area contributed by atoms with Crippen LogP contribution in [0.1, 0.15) is 12.8 Å². The highest BCUT2D eigenvalue weighted by molar-refractivity contribution is 9.10. The minimum atomic E-state index is -3.44. The Morgan fingerprint density at radius 3 is 2.65 bits per heavy atom. The summed E-state index contributed by atoms with van der Waals surface area (Å²) < 4.78 is 28.5. The van der Waals surface area contributed by atoms with E-state index in [0.717, 1.165) is 41.2 Å². The predicted octanol–water partition coefficient (Wildman–Crippen LogP) is 3.30. The van der Waals surface area contributed by atoms with Crippen LogP contribution in [0.4, 0.5) is 0 Å². The fourth-order valence-corrected chi connectivity index (χ4v) is 4.26. The molecule has 2 aromatic rings. The Morgan fingerprint density at radius 1 is 1.17 bits per heavy atom. The number of hydrogen-bond acceptors (Lipinski definition) is 3.